The van der Waals surface area contributed by atoms with Crippen LogP contribution in [0.3, 0.4) is 0 Å². The molecule has 134 valence electrons. The first kappa shape index (κ1) is 17.3. The van der Waals surface area contributed by atoms with Crippen LogP contribution in [0.1, 0.15) is 0 Å². The molecule has 0 unspecified atom stereocenters. The van der Waals surface area contributed by atoms with Crippen LogP contribution in [-0.2, 0) is 16.1 Å². The predicted molar refractivity (Wildman–Crippen MR) is 95.4 cm³/mol. The normalized spacial score (nSPS) is 15.3. The molecule has 0 saturated carbocycles. The first-order valence-corrected chi connectivity index (χ1v) is 8.53. The summed E-state index contributed by atoms with van der Waals surface area (Å²) in [4.78, 5) is 27.5. The lowest BCUT2D eigenvalue weighted by atomic mass is 10.2. The molecule has 1 aliphatic heterocycles. The number of rotatable bonds is 5. The highest BCUT2D eigenvalue weighted by Gasteiger charge is 2.21. The van der Waals surface area contributed by atoms with Gasteiger partial charge in [-0.2, -0.15) is 0 Å². The minimum absolute atomic E-state index is 0.00884. The molecule has 1 N–H and O–H groups in total. The van der Waals surface area contributed by atoms with Crippen molar-refractivity contribution in [3.63, 3.8) is 0 Å². The van der Waals surface area contributed by atoms with Gasteiger partial charge in [-0.25, -0.2) is 4.79 Å². The topological polar surface area (TPSA) is 66.8 Å². The van der Waals surface area contributed by atoms with Crippen LogP contribution in [0.25, 0.3) is 10.9 Å². The predicted octanol–water partition coefficient (Wildman–Crippen LogP) is 1.14. The minimum Gasteiger partial charge on any atom is -0.453 e. The van der Waals surface area contributed by atoms with Crippen LogP contribution in [0, 0.1) is 0 Å². The van der Waals surface area contributed by atoms with Gasteiger partial charge in [0.05, 0.1) is 7.11 Å². The molecule has 2 amide bonds. The van der Waals surface area contributed by atoms with Crippen LogP contribution in [0.5, 0.6) is 0 Å². The largest absolute Gasteiger partial charge is 0.453 e. The summed E-state index contributed by atoms with van der Waals surface area (Å²) in [6.07, 6.45) is 1.67. The Labute approximate surface area is 147 Å². The van der Waals surface area contributed by atoms with Crippen LogP contribution in [0.15, 0.2) is 36.5 Å². The quantitative estimate of drug-likeness (QED) is 0.883. The Bertz CT molecular complexity index is 735. The van der Waals surface area contributed by atoms with Gasteiger partial charge in [0.25, 0.3) is 0 Å². The standard InChI is InChI=1S/C18H24N4O3/c1-25-18(24)21-12-10-20(11-13-21)9-7-19-17(23)14-22-8-6-15-4-2-3-5-16(15)22/h2-6,8H,7,9-14H2,1H3,(H,19,23). The molecule has 1 aromatic carbocycles. The molecule has 3 rings (SSSR count). The fourth-order valence-electron chi connectivity index (χ4n) is 3.13. The molecule has 2 aromatic rings. The number of fused-ring (bicyclic) bond motifs is 1. The molecular weight excluding hydrogens is 320 g/mol. The van der Waals surface area contributed by atoms with Gasteiger partial charge in [-0.1, -0.05) is 18.2 Å². The number of hydrogen-bond donors (Lipinski definition) is 1. The maximum atomic E-state index is 12.2. The van der Waals surface area contributed by atoms with Gasteiger partial charge in [0.1, 0.15) is 6.54 Å². The number of carbonyl (C=O) groups is 2. The molecule has 1 aromatic heterocycles. The summed E-state index contributed by atoms with van der Waals surface area (Å²) in [6.45, 7) is 4.64. The van der Waals surface area contributed by atoms with Crippen LogP contribution in [0.4, 0.5) is 4.79 Å². The highest BCUT2D eigenvalue weighted by molar-refractivity contribution is 5.83. The Morgan fingerprint density at radius 1 is 1.12 bits per heavy atom. The number of piperazine rings is 1. The van der Waals surface area contributed by atoms with E-state index in [1.807, 2.05) is 41.1 Å². The van der Waals surface area contributed by atoms with E-state index in [0.29, 0.717) is 26.2 Å². The summed E-state index contributed by atoms with van der Waals surface area (Å²) in [5.41, 5.74) is 1.07. The molecule has 7 nitrogen and oxygen atoms in total. The van der Waals surface area contributed by atoms with Crippen molar-refractivity contribution in [3.05, 3.63) is 36.5 Å². The van der Waals surface area contributed by atoms with Crippen molar-refractivity contribution in [3.8, 4) is 0 Å². The Hall–Kier alpha value is -2.54. The second-order valence-corrected chi connectivity index (χ2v) is 6.15. The number of methoxy groups -OCH3 is 1. The lowest BCUT2D eigenvalue weighted by Crippen LogP contribution is -2.50. The van der Waals surface area contributed by atoms with Crippen molar-refractivity contribution in [2.24, 2.45) is 0 Å². The summed E-state index contributed by atoms with van der Waals surface area (Å²) in [5, 5.41) is 4.11. The van der Waals surface area contributed by atoms with E-state index in [-0.39, 0.29) is 12.0 Å². The minimum atomic E-state index is -0.271. The van der Waals surface area contributed by atoms with Gasteiger partial charge in [-0.15, -0.1) is 0 Å². The molecule has 25 heavy (non-hydrogen) atoms. The molecule has 1 aliphatic rings. The van der Waals surface area contributed by atoms with Gasteiger partial charge >= 0.3 is 6.09 Å². The maximum Gasteiger partial charge on any atom is 0.409 e. The molecule has 0 aliphatic carbocycles. The fraction of sp³-hybridized carbons (Fsp3) is 0.444. The third-order valence-electron chi connectivity index (χ3n) is 4.55. The molecule has 0 bridgehead atoms. The van der Waals surface area contributed by atoms with Gasteiger partial charge in [0.15, 0.2) is 0 Å². The monoisotopic (exact) mass is 344 g/mol. The molecule has 0 atom stereocenters. The van der Waals surface area contributed by atoms with Gasteiger partial charge in [-0.3, -0.25) is 9.69 Å². The van der Waals surface area contributed by atoms with Gasteiger partial charge in [0, 0.05) is 51.0 Å². The van der Waals surface area contributed by atoms with Crippen LogP contribution < -0.4 is 5.32 Å². The zero-order valence-corrected chi connectivity index (χ0v) is 14.5. The van der Waals surface area contributed by atoms with Gasteiger partial charge in [-0.05, 0) is 17.5 Å². The average molecular weight is 344 g/mol. The van der Waals surface area contributed by atoms with E-state index in [2.05, 4.69) is 10.2 Å². The number of hydrogen-bond acceptors (Lipinski definition) is 4. The molecule has 2 heterocycles. The lowest BCUT2D eigenvalue weighted by Gasteiger charge is -2.33. The van der Waals surface area contributed by atoms with Crippen LogP contribution >= 0.6 is 0 Å². The van der Waals surface area contributed by atoms with Crippen molar-refractivity contribution >= 4 is 22.9 Å². The van der Waals surface area contributed by atoms with Gasteiger partial charge in [0.2, 0.25) is 5.91 Å². The van der Waals surface area contributed by atoms with Gasteiger partial charge < -0.3 is 19.5 Å². The summed E-state index contributed by atoms with van der Waals surface area (Å²) in [5.74, 6) is 0.00884. The number of carbonyl (C=O) groups excluding carboxylic acids is 2. The van der Waals surface area contributed by atoms with Crippen LogP contribution in [-0.4, -0.2) is 72.7 Å². The second-order valence-electron chi connectivity index (χ2n) is 6.15. The number of nitrogens with one attached hydrogen (secondary N) is 1. The number of amides is 2. The van der Waals surface area contributed by atoms with Crippen molar-refractivity contribution < 1.29 is 14.3 Å². The van der Waals surface area contributed by atoms with E-state index >= 15 is 0 Å². The van der Waals surface area contributed by atoms with E-state index in [1.165, 1.54) is 7.11 Å². The van der Waals surface area contributed by atoms with E-state index in [9.17, 15) is 9.59 Å². The summed E-state index contributed by atoms with van der Waals surface area (Å²) in [6, 6.07) is 10.0. The fourth-order valence-corrected chi connectivity index (χ4v) is 3.13. The van der Waals surface area contributed by atoms with Crippen molar-refractivity contribution in [2.45, 2.75) is 6.54 Å². The molecular formula is C18H24N4O3. The highest BCUT2D eigenvalue weighted by atomic mass is 16.5. The van der Waals surface area contributed by atoms with Crippen molar-refractivity contribution in [1.82, 2.24) is 19.7 Å². The smallest absolute Gasteiger partial charge is 0.409 e. The summed E-state index contributed by atoms with van der Waals surface area (Å²) >= 11 is 0. The maximum absolute atomic E-state index is 12.2. The third-order valence-corrected chi connectivity index (χ3v) is 4.55. The first-order chi connectivity index (χ1) is 12.2. The van der Waals surface area contributed by atoms with E-state index in [4.69, 9.17) is 4.74 Å². The van der Waals surface area contributed by atoms with Crippen molar-refractivity contribution in [1.29, 1.82) is 0 Å². The Morgan fingerprint density at radius 2 is 1.88 bits per heavy atom. The summed E-state index contributed by atoms with van der Waals surface area (Å²) < 4.78 is 6.69. The number of aromatic nitrogens is 1. The second kappa shape index (κ2) is 8.02. The third kappa shape index (κ3) is 4.30. The van der Waals surface area contributed by atoms with Crippen LogP contribution in [0.2, 0.25) is 0 Å². The molecule has 1 saturated heterocycles. The molecule has 0 spiro atoms. The molecule has 1 fully saturated rings. The zero-order chi connectivity index (χ0) is 17.6. The lowest BCUT2D eigenvalue weighted by molar-refractivity contribution is -0.121. The van der Waals surface area contributed by atoms with Crippen molar-refractivity contribution in [2.75, 3.05) is 46.4 Å². The number of ether oxygens (including phenoxy) is 1. The number of nitrogens with zero attached hydrogens (tertiary/aromatic N) is 3. The number of benzene rings is 1. The molecule has 0 radical (unpaired) electrons. The SMILES string of the molecule is COC(=O)N1CCN(CCNC(=O)Cn2ccc3ccccc32)CC1. The Balaban J connectivity index is 1.39. The molecule has 7 heteroatoms. The highest BCUT2D eigenvalue weighted by Crippen LogP contribution is 2.14. The zero-order valence-electron chi connectivity index (χ0n) is 14.5. The number of para-hydroxylation sites is 1. The summed E-state index contributed by atoms with van der Waals surface area (Å²) in [7, 11) is 1.40. The Morgan fingerprint density at radius 3 is 2.64 bits per heavy atom. The van der Waals surface area contributed by atoms with E-state index in [0.717, 1.165) is 30.5 Å². The van der Waals surface area contributed by atoms with E-state index < -0.39 is 0 Å². The average Bonchev–Trinajstić information content (AvgIpc) is 3.04. The van der Waals surface area contributed by atoms with E-state index in [1.54, 1.807) is 4.90 Å². The first-order valence-electron chi connectivity index (χ1n) is 8.53. The Kier molecular flexibility index (Phi) is 5.55.